The van der Waals surface area contributed by atoms with Crippen molar-refractivity contribution in [1.82, 2.24) is 0 Å². The smallest absolute Gasteiger partial charge is 0.333 e. The average molecular weight is 254 g/mol. The Kier molecular flexibility index (Phi) is 5.64. The second kappa shape index (κ2) is 7.00. The Balaban J connectivity index is 2.90. The normalized spacial score (nSPS) is 27.1. The van der Waals surface area contributed by atoms with Crippen molar-refractivity contribution in [2.24, 2.45) is 10.8 Å². The molecular formula is C11H18N4O3. The number of rotatable bonds is 5. The molecular weight excluding hydrogens is 236 g/mol. The first-order valence-electron chi connectivity index (χ1n) is 5.84. The standard InChI is InChI=1S/C11H18N4O3/c1-3-4-18-9-6-7(11(16)17-2)5-8(10(9)12)14-15-13/h6,8-10H,3-5,12H2,1-2H3/t8-,9+,10+/m0/s1. The molecule has 7 nitrogen and oxygen atoms in total. The molecule has 1 rings (SSSR count). The van der Waals surface area contributed by atoms with Gasteiger partial charge >= 0.3 is 5.97 Å². The van der Waals surface area contributed by atoms with E-state index >= 15 is 0 Å². The van der Waals surface area contributed by atoms with Crippen molar-refractivity contribution in [3.63, 3.8) is 0 Å². The number of nitrogens with two attached hydrogens (primary N) is 1. The Hall–Kier alpha value is -1.56. The number of hydrogen-bond acceptors (Lipinski definition) is 5. The van der Waals surface area contributed by atoms with Crippen LogP contribution in [0.3, 0.4) is 0 Å². The quantitative estimate of drug-likeness (QED) is 0.345. The van der Waals surface area contributed by atoms with Gasteiger partial charge in [-0.15, -0.1) is 0 Å². The fourth-order valence-electron chi connectivity index (χ4n) is 1.84. The molecule has 0 aliphatic heterocycles. The SMILES string of the molecule is CCCO[C@@H]1C=C(C(=O)OC)C[C@H](N=[N+]=[N-])[C@H]1N. The first-order valence-corrected chi connectivity index (χ1v) is 5.84. The van der Waals surface area contributed by atoms with E-state index in [0.717, 1.165) is 6.42 Å². The lowest BCUT2D eigenvalue weighted by Gasteiger charge is -2.31. The number of hydrogen-bond donors (Lipinski definition) is 1. The lowest BCUT2D eigenvalue weighted by Crippen LogP contribution is -2.47. The summed E-state index contributed by atoms with van der Waals surface area (Å²) in [5.41, 5.74) is 14.9. The van der Waals surface area contributed by atoms with Gasteiger partial charge in [-0.3, -0.25) is 0 Å². The summed E-state index contributed by atoms with van der Waals surface area (Å²) in [5.74, 6) is -0.440. The fourth-order valence-corrected chi connectivity index (χ4v) is 1.84. The number of azide groups is 1. The van der Waals surface area contributed by atoms with Gasteiger partial charge in [-0.1, -0.05) is 12.0 Å². The van der Waals surface area contributed by atoms with Crippen molar-refractivity contribution >= 4 is 5.97 Å². The van der Waals surface area contributed by atoms with Crippen LogP contribution >= 0.6 is 0 Å². The third-order valence-corrected chi connectivity index (χ3v) is 2.78. The predicted molar refractivity (Wildman–Crippen MR) is 65.7 cm³/mol. The summed E-state index contributed by atoms with van der Waals surface area (Å²) in [6, 6.07) is -0.934. The van der Waals surface area contributed by atoms with Gasteiger partial charge in [0.05, 0.1) is 19.3 Å². The lowest BCUT2D eigenvalue weighted by molar-refractivity contribution is -0.136. The van der Waals surface area contributed by atoms with E-state index in [9.17, 15) is 4.79 Å². The number of esters is 1. The Morgan fingerprint density at radius 1 is 1.72 bits per heavy atom. The summed E-state index contributed by atoms with van der Waals surface area (Å²) in [6.45, 7) is 2.51. The van der Waals surface area contributed by atoms with Gasteiger partial charge in [-0.25, -0.2) is 4.79 Å². The zero-order valence-corrected chi connectivity index (χ0v) is 10.6. The summed E-state index contributed by atoms with van der Waals surface area (Å²) in [4.78, 5) is 14.3. The van der Waals surface area contributed by atoms with Crippen LogP contribution in [0.4, 0.5) is 0 Å². The Bertz CT molecular complexity index is 376. The maximum atomic E-state index is 11.5. The fraction of sp³-hybridized carbons (Fsp3) is 0.727. The molecule has 0 fully saturated rings. The number of nitrogens with zero attached hydrogens (tertiary/aromatic N) is 3. The van der Waals surface area contributed by atoms with Crippen molar-refractivity contribution < 1.29 is 14.3 Å². The summed E-state index contributed by atoms with van der Waals surface area (Å²) >= 11 is 0. The van der Waals surface area contributed by atoms with Gasteiger partial charge < -0.3 is 15.2 Å². The molecule has 0 aromatic carbocycles. The highest BCUT2D eigenvalue weighted by atomic mass is 16.5. The molecule has 1 aliphatic carbocycles. The summed E-state index contributed by atoms with van der Waals surface area (Å²) in [7, 11) is 1.31. The average Bonchev–Trinajstić information content (AvgIpc) is 2.39. The first-order chi connectivity index (χ1) is 8.63. The second-order valence-electron chi connectivity index (χ2n) is 4.07. The second-order valence-corrected chi connectivity index (χ2v) is 4.07. The highest BCUT2D eigenvalue weighted by molar-refractivity contribution is 5.88. The zero-order chi connectivity index (χ0) is 13.5. The van der Waals surface area contributed by atoms with Crippen LogP contribution in [0.1, 0.15) is 19.8 Å². The maximum absolute atomic E-state index is 11.5. The summed E-state index contributed by atoms with van der Waals surface area (Å²) < 4.78 is 10.2. The van der Waals surface area contributed by atoms with E-state index in [1.165, 1.54) is 7.11 Å². The van der Waals surface area contributed by atoms with Crippen molar-refractivity contribution in [2.75, 3.05) is 13.7 Å². The molecule has 0 amide bonds. The van der Waals surface area contributed by atoms with E-state index in [-0.39, 0.29) is 6.42 Å². The van der Waals surface area contributed by atoms with Gasteiger partial charge in [0.25, 0.3) is 0 Å². The summed E-state index contributed by atoms with van der Waals surface area (Å²) in [5, 5.41) is 3.62. The van der Waals surface area contributed by atoms with Crippen molar-refractivity contribution in [2.45, 2.75) is 38.0 Å². The molecule has 0 heterocycles. The van der Waals surface area contributed by atoms with E-state index in [1.807, 2.05) is 6.92 Å². The van der Waals surface area contributed by atoms with Crippen LogP contribution in [0.5, 0.6) is 0 Å². The van der Waals surface area contributed by atoms with Gasteiger partial charge in [0.1, 0.15) is 0 Å². The molecule has 0 radical (unpaired) electrons. The van der Waals surface area contributed by atoms with Crippen molar-refractivity contribution in [3.8, 4) is 0 Å². The molecule has 100 valence electrons. The molecule has 0 saturated carbocycles. The van der Waals surface area contributed by atoms with Crippen LogP contribution in [0, 0.1) is 0 Å². The molecule has 7 heteroatoms. The number of ether oxygens (including phenoxy) is 2. The Morgan fingerprint density at radius 3 is 3.00 bits per heavy atom. The molecule has 1 aliphatic rings. The van der Waals surface area contributed by atoms with Crippen LogP contribution < -0.4 is 5.73 Å². The molecule has 0 aromatic heterocycles. The van der Waals surface area contributed by atoms with E-state index in [1.54, 1.807) is 6.08 Å². The molecule has 0 bridgehead atoms. The van der Waals surface area contributed by atoms with E-state index in [2.05, 4.69) is 14.8 Å². The molecule has 2 N–H and O–H groups in total. The number of carbonyl (C=O) groups excluding carboxylic acids is 1. The van der Waals surface area contributed by atoms with Gasteiger partial charge in [-0.2, -0.15) is 0 Å². The van der Waals surface area contributed by atoms with Crippen LogP contribution in [0.15, 0.2) is 16.8 Å². The molecule has 3 atom stereocenters. The monoisotopic (exact) mass is 254 g/mol. The van der Waals surface area contributed by atoms with Crippen LogP contribution in [0.2, 0.25) is 0 Å². The minimum absolute atomic E-state index is 0.282. The molecule has 0 saturated heterocycles. The third-order valence-electron chi connectivity index (χ3n) is 2.78. The van der Waals surface area contributed by atoms with Gasteiger partial charge in [0, 0.05) is 23.1 Å². The van der Waals surface area contributed by atoms with Crippen LogP contribution in [-0.2, 0) is 14.3 Å². The lowest BCUT2D eigenvalue weighted by atomic mass is 9.89. The highest BCUT2D eigenvalue weighted by Gasteiger charge is 2.33. The third kappa shape index (κ3) is 3.46. The molecule has 0 unspecified atom stereocenters. The highest BCUT2D eigenvalue weighted by Crippen LogP contribution is 2.24. The van der Waals surface area contributed by atoms with Gasteiger partial charge in [0.2, 0.25) is 0 Å². The zero-order valence-electron chi connectivity index (χ0n) is 10.6. The van der Waals surface area contributed by atoms with Crippen molar-refractivity contribution in [3.05, 3.63) is 22.1 Å². The van der Waals surface area contributed by atoms with E-state index < -0.39 is 24.2 Å². The molecule has 18 heavy (non-hydrogen) atoms. The Labute approximate surface area is 106 Å². The van der Waals surface area contributed by atoms with Gasteiger partial charge in [0.15, 0.2) is 0 Å². The van der Waals surface area contributed by atoms with Crippen LogP contribution in [-0.4, -0.2) is 37.9 Å². The van der Waals surface area contributed by atoms with Crippen LogP contribution in [0.25, 0.3) is 10.4 Å². The number of carbonyl (C=O) groups is 1. The van der Waals surface area contributed by atoms with Crippen molar-refractivity contribution in [1.29, 1.82) is 0 Å². The first kappa shape index (κ1) is 14.5. The maximum Gasteiger partial charge on any atom is 0.333 e. The minimum atomic E-state index is -0.490. The molecule has 0 aromatic rings. The number of methoxy groups -OCH3 is 1. The minimum Gasteiger partial charge on any atom is -0.466 e. The molecule has 0 spiro atoms. The largest absolute Gasteiger partial charge is 0.466 e. The van der Waals surface area contributed by atoms with E-state index in [4.69, 9.17) is 16.0 Å². The van der Waals surface area contributed by atoms with E-state index in [0.29, 0.717) is 12.2 Å². The topological polar surface area (TPSA) is 110 Å². The Morgan fingerprint density at radius 2 is 2.44 bits per heavy atom. The predicted octanol–water partition coefficient (Wildman–Crippen LogP) is 1.29. The van der Waals surface area contributed by atoms with Gasteiger partial charge in [-0.05, 0) is 24.4 Å². The summed E-state index contributed by atoms with van der Waals surface area (Å²) in [6.07, 6.45) is 2.36.